The molecule has 1 amide bonds. The molecule has 3 nitrogen and oxygen atoms in total. The number of rotatable bonds is 0. The van der Waals surface area contributed by atoms with E-state index in [1.54, 1.807) is 35.2 Å². The topological polar surface area (TPSA) is 37.4 Å². The number of hydrogen-bond acceptors (Lipinski definition) is 2. The molecule has 96 valence electrons. The first-order valence-corrected chi connectivity index (χ1v) is 7.23. The SMILES string of the molecule is CC(=O)N1c2ccccc2S(=O)c2ccc(Cl)cc21. The van der Waals surface area contributed by atoms with Gasteiger partial charge in [0.1, 0.15) is 0 Å². The van der Waals surface area contributed by atoms with E-state index in [4.69, 9.17) is 11.6 Å². The van der Waals surface area contributed by atoms with Gasteiger partial charge in [-0.05, 0) is 30.3 Å². The Morgan fingerprint density at radius 3 is 2.53 bits per heavy atom. The van der Waals surface area contributed by atoms with Crippen molar-refractivity contribution in [2.45, 2.75) is 16.7 Å². The van der Waals surface area contributed by atoms with Crippen LogP contribution in [0.4, 0.5) is 11.4 Å². The van der Waals surface area contributed by atoms with Gasteiger partial charge in [-0.3, -0.25) is 9.69 Å². The fourth-order valence-electron chi connectivity index (χ4n) is 2.21. The van der Waals surface area contributed by atoms with E-state index in [0.717, 1.165) is 0 Å². The number of fused-ring (bicyclic) bond motifs is 2. The van der Waals surface area contributed by atoms with E-state index in [1.165, 1.54) is 6.92 Å². The summed E-state index contributed by atoms with van der Waals surface area (Å²) in [6.07, 6.45) is 0. The van der Waals surface area contributed by atoms with Crippen molar-refractivity contribution in [3.8, 4) is 0 Å². The Hall–Kier alpha value is -1.65. The van der Waals surface area contributed by atoms with Crippen LogP contribution in [-0.2, 0) is 15.6 Å². The lowest BCUT2D eigenvalue weighted by atomic mass is 10.2. The van der Waals surface area contributed by atoms with Gasteiger partial charge in [0.15, 0.2) is 0 Å². The van der Waals surface area contributed by atoms with Crippen LogP contribution in [0.1, 0.15) is 6.92 Å². The second-order valence-corrected chi connectivity index (χ2v) is 6.06. The zero-order valence-electron chi connectivity index (χ0n) is 10.1. The van der Waals surface area contributed by atoms with Crippen LogP contribution in [-0.4, -0.2) is 10.1 Å². The molecule has 0 saturated carbocycles. The maximum Gasteiger partial charge on any atom is 0.228 e. The van der Waals surface area contributed by atoms with Crippen molar-refractivity contribution in [3.05, 3.63) is 47.5 Å². The molecule has 2 aromatic carbocycles. The van der Waals surface area contributed by atoms with Gasteiger partial charge in [0.25, 0.3) is 0 Å². The van der Waals surface area contributed by atoms with Gasteiger partial charge in [-0.25, -0.2) is 4.21 Å². The van der Waals surface area contributed by atoms with Crippen LogP contribution in [0, 0.1) is 0 Å². The number of anilines is 2. The average Bonchev–Trinajstić information content (AvgIpc) is 2.38. The highest BCUT2D eigenvalue weighted by Gasteiger charge is 2.30. The van der Waals surface area contributed by atoms with Crippen LogP contribution in [0.2, 0.25) is 5.02 Å². The molecule has 0 radical (unpaired) electrons. The first-order valence-electron chi connectivity index (χ1n) is 5.70. The first-order chi connectivity index (χ1) is 9.09. The summed E-state index contributed by atoms with van der Waals surface area (Å²) in [6.45, 7) is 1.48. The van der Waals surface area contributed by atoms with E-state index < -0.39 is 10.8 Å². The van der Waals surface area contributed by atoms with Crippen LogP contribution in [0.5, 0.6) is 0 Å². The monoisotopic (exact) mass is 291 g/mol. The van der Waals surface area contributed by atoms with Crippen LogP contribution in [0.25, 0.3) is 0 Å². The molecule has 0 saturated heterocycles. The van der Waals surface area contributed by atoms with Crippen molar-refractivity contribution in [2.75, 3.05) is 4.90 Å². The lowest BCUT2D eigenvalue weighted by molar-refractivity contribution is -0.115. The van der Waals surface area contributed by atoms with E-state index in [1.807, 2.05) is 12.1 Å². The van der Waals surface area contributed by atoms with Crippen LogP contribution >= 0.6 is 11.6 Å². The summed E-state index contributed by atoms with van der Waals surface area (Å²) in [4.78, 5) is 14.7. The van der Waals surface area contributed by atoms with Gasteiger partial charge >= 0.3 is 0 Å². The quantitative estimate of drug-likeness (QED) is 0.745. The minimum Gasteiger partial charge on any atom is -0.279 e. The standard InChI is InChI=1S/C14H10ClNO2S/c1-9(17)16-11-4-2-3-5-13(11)19(18)14-7-6-10(15)8-12(14)16/h2-8H,1H3. The average molecular weight is 292 g/mol. The molecule has 1 heterocycles. The summed E-state index contributed by atoms with van der Waals surface area (Å²) in [5.74, 6) is -0.132. The zero-order chi connectivity index (χ0) is 13.6. The van der Waals surface area contributed by atoms with Gasteiger partial charge < -0.3 is 0 Å². The van der Waals surface area contributed by atoms with Gasteiger partial charge in [-0.2, -0.15) is 0 Å². The lowest BCUT2D eigenvalue weighted by Crippen LogP contribution is -2.28. The lowest BCUT2D eigenvalue weighted by Gasteiger charge is -2.30. The molecule has 1 unspecified atom stereocenters. The molecule has 5 heteroatoms. The third kappa shape index (κ3) is 1.88. The molecule has 1 atom stereocenters. The molecule has 1 aliphatic heterocycles. The number of carbonyl (C=O) groups excluding carboxylic acids is 1. The van der Waals surface area contributed by atoms with E-state index in [9.17, 15) is 9.00 Å². The maximum atomic E-state index is 12.5. The number of benzene rings is 2. The molecular formula is C14H10ClNO2S. The van der Waals surface area contributed by atoms with Crippen molar-refractivity contribution in [3.63, 3.8) is 0 Å². The van der Waals surface area contributed by atoms with Gasteiger partial charge in [0.05, 0.1) is 32.0 Å². The summed E-state index contributed by atoms with van der Waals surface area (Å²) in [5.41, 5.74) is 1.25. The summed E-state index contributed by atoms with van der Waals surface area (Å²) >= 11 is 5.98. The Kier molecular flexibility index (Phi) is 2.92. The summed E-state index contributed by atoms with van der Waals surface area (Å²) < 4.78 is 12.5. The molecule has 0 fully saturated rings. The van der Waals surface area contributed by atoms with Crippen molar-refractivity contribution >= 4 is 39.7 Å². The van der Waals surface area contributed by atoms with Gasteiger partial charge in [0, 0.05) is 11.9 Å². The van der Waals surface area contributed by atoms with E-state index in [0.29, 0.717) is 26.2 Å². The highest BCUT2D eigenvalue weighted by Crippen LogP contribution is 2.42. The van der Waals surface area contributed by atoms with E-state index in [2.05, 4.69) is 0 Å². The number of nitrogens with zero attached hydrogens (tertiary/aromatic N) is 1. The van der Waals surface area contributed by atoms with Crippen LogP contribution < -0.4 is 4.90 Å². The molecule has 0 aliphatic carbocycles. The molecule has 3 rings (SSSR count). The Morgan fingerprint density at radius 2 is 1.79 bits per heavy atom. The molecule has 2 aromatic rings. The van der Waals surface area contributed by atoms with Gasteiger partial charge in [0.2, 0.25) is 5.91 Å². The number of para-hydroxylation sites is 1. The molecule has 0 aromatic heterocycles. The molecular weight excluding hydrogens is 282 g/mol. The minimum absolute atomic E-state index is 0.132. The smallest absolute Gasteiger partial charge is 0.228 e. The number of amides is 1. The van der Waals surface area contributed by atoms with Crippen molar-refractivity contribution in [2.24, 2.45) is 0 Å². The molecule has 19 heavy (non-hydrogen) atoms. The normalized spacial score (nSPS) is 16.7. The van der Waals surface area contributed by atoms with Gasteiger partial charge in [-0.1, -0.05) is 23.7 Å². The van der Waals surface area contributed by atoms with Gasteiger partial charge in [-0.15, -0.1) is 0 Å². The first kappa shape index (κ1) is 12.4. The van der Waals surface area contributed by atoms with Crippen molar-refractivity contribution in [1.82, 2.24) is 0 Å². The van der Waals surface area contributed by atoms with Crippen molar-refractivity contribution < 1.29 is 9.00 Å². The van der Waals surface area contributed by atoms with Crippen molar-refractivity contribution in [1.29, 1.82) is 0 Å². The summed E-state index contributed by atoms with van der Waals surface area (Å²) in [5, 5.41) is 0.515. The van der Waals surface area contributed by atoms with Crippen LogP contribution in [0.15, 0.2) is 52.3 Å². The molecule has 1 aliphatic rings. The van der Waals surface area contributed by atoms with E-state index >= 15 is 0 Å². The van der Waals surface area contributed by atoms with Crippen LogP contribution in [0.3, 0.4) is 0 Å². The Morgan fingerprint density at radius 1 is 1.11 bits per heavy atom. The molecule has 0 N–H and O–H groups in total. The fourth-order valence-corrected chi connectivity index (χ4v) is 3.69. The highest BCUT2D eigenvalue weighted by atomic mass is 35.5. The Bertz CT molecular complexity index is 714. The summed E-state index contributed by atoms with van der Waals surface area (Å²) in [7, 11) is -1.29. The second-order valence-electron chi connectivity index (χ2n) is 4.20. The third-order valence-corrected chi connectivity index (χ3v) is 4.71. The number of hydrogen-bond donors (Lipinski definition) is 0. The summed E-state index contributed by atoms with van der Waals surface area (Å²) in [6, 6.07) is 12.3. The number of halogens is 1. The Labute approximate surface area is 118 Å². The number of carbonyl (C=O) groups is 1. The minimum atomic E-state index is -1.29. The third-order valence-electron chi connectivity index (χ3n) is 2.98. The predicted molar refractivity (Wildman–Crippen MR) is 75.4 cm³/mol. The van der Waals surface area contributed by atoms with E-state index in [-0.39, 0.29) is 5.91 Å². The molecule has 0 bridgehead atoms. The fraction of sp³-hybridized carbons (Fsp3) is 0.0714. The molecule has 0 spiro atoms. The predicted octanol–water partition coefficient (Wildman–Crippen LogP) is 3.50. The second kappa shape index (κ2) is 4.47. The zero-order valence-corrected chi connectivity index (χ0v) is 11.7. The highest BCUT2D eigenvalue weighted by molar-refractivity contribution is 7.85. The Balaban J connectivity index is 2.34. The maximum absolute atomic E-state index is 12.5. The largest absolute Gasteiger partial charge is 0.279 e.